The van der Waals surface area contributed by atoms with Crippen molar-refractivity contribution < 1.29 is 18.7 Å². The van der Waals surface area contributed by atoms with Gasteiger partial charge in [0.15, 0.2) is 5.78 Å². The summed E-state index contributed by atoms with van der Waals surface area (Å²) in [4.78, 5) is 32.3. The van der Waals surface area contributed by atoms with E-state index < -0.39 is 11.4 Å². The third kappa shape index (κ3) is 3.46. The van der Waals surface area contributed by atoms with Crippen LogP contribution in [0.4, 0.5) is 4.39 Å². The van der Waals surface area contributed by atoms with Crippen LogP contribution in [0.25, 0.3) is 10.9 Å². The fraction of sp³-hybridized carbons (Fsp3) is 0.320. The second kappa shape index (κ2) is 7.15. The molecule has 1 aromatic heterocycles. The number of halogens is 1. The predicted molar refractivity (Wildman–Crippen MR) is 115 cm³/mol. The number of likely N-dealkylation sites (tertiary alicyclic amines) is 1. The lowest BCUT2D eigenvalue weighted by molar-refractivity contribution is -0.00568. The minimum absolute atomic E-state index is 0.0935. The molecule has 0 atom stereocenters. The van der Waals surface area contributed by atoms with Crippen LogP contribution in [-0.2, 0) is 0 Å². The van der Waals surface area contributed by atoms with E-state index in [9.17, 15) is 14.0 Å². The number of aryl methyl sites for hydroxylation is 2. The highest BCUT2D eigenvalue weighted by Crippen LogP contribution is 2.40. The van der Waals surface area contributed by atoms with Gasteiger partial charge in [0, 0.05) is 37.0 Å². The van der Waals surface area contributed by atoms with Gasteiger partial charge in [0.1, 0.15) is 17.2 Å². The first-order valence-corrected chi connectivity index (χ1v) is 10.5. The van der Waals surface area contributed by atoms with Crippen LogP contribution in [-0.4, -0.2) is 40.3 Å². The molecule has 2 aliphatic heterocycles. The number of amides is 1. The third-order valence-corrected chi connectivity index (χ3v) is 6.34. The van der Waals surface area contributed by atoms with Crippen molar-refractivity contribution >= 4 is 22.6 Å². The van der Waals surface area contributed by atoms with Crippen molar-refractivity contribution in [1.29, 1.82) is 0 Å². The molecule has 2 aromatic carbocycles. The van der Waals surface area contributed by atoms with E-state index >= 15 is 0 Å². The normalized spacial score (nSPS) is 17.5. The highest BCUT2D eigenvalue weighted by molar-refractivity contribution is 6.06. The van der Waals surface area contributed by atoms with Gasteiger partial charge in [-0.15, -0.1) is 0 Å². The van der Waals surface area contributed by atoms with Gasteiger partial charge in [0.25, 0.3) is 5.91 Å². The predicted octanol–water partition coefficient (Wildman–Crippen LogP) is 4.63. The lowest BCUT2D eigenvalue weighted by atomic mass is 9.82. The number of fused-ring (bicyclic) bond motifs is 2. The topological polar surface area (TPSA) is 59.5 Å². The van der Waals surface area contributed by atoms with E-state index in [0.29, 0.717) is 65.8 Å². The SMILES string of the molecule is Cc1ccc2c(c1)C(=O)CC1(CCN(C(=O)c3cc(C)nc4ccc(F)cc34)CC1)O2. The number of carbonyl (C=O) groups is 2. The van der Waals surface area contributed by atoms with E-state index in [1.807, 2.05) is 32.0 Å². The van der Waals surface area contributed by atoms with Crippen LogP contribution in [0, 0.1) is 19.7 Å². The van der Waals surface area contributed by atoms with E-state index in [0.717, 1.165) is 5.56 Å². The third-order valence-electron chi connectivity index (χ3n) is 6.34. The van der Waals surface area contributed by atoms with Gasteiger partial charge in [-0.25, -0.2) is 4.39 Å². The zero-order valence-corrected chi connectivity index (χ0v) is 17.6. The number of ketones is 1. The number of hydrogen-bond acceptors (Lipinski definition) is 4. The van der Waals surface area contributed by atoms with Crippen molar-refractivity contribution in [3.63, 3.8) is 0 Å². The van der Waals surface area contributed by atoms with Crippen molar-refractivity contribution in [2.45, 2.75) is 38.7 Å². The molecule has 0 aliphatic carbocycles. The molecule has 0 saturated carbocycles. The second-order valence-corrected chi connectivity index (χ2v) is 8.65. The number of hydrogen-bond donors (Lipinski definition) is 0. The van der Waals surface area contributed by atoms with Crippen molar-refractivity contribution in [1.82, 2.24) is 9.88 Å². The minimum Gasteiger partial charge on any atom is -0.486 e. The van der Waals surface area contributed by atoms with Crippen LogP contribution in [0.15, 0.2) is 42.5 Å². The summed E-state index contributed by atoms with van der Waals surface area (Å²) >= 11 is 0. The summed E-state index contributed by atoms with van der Waals surface area (Å²) in [5.74, 6) is 0.186. The average molecular weight is 418 g/mol. The number of carbonyl (C=O) groups excluding carboxylic acids is 2. The molecule has 31 heavy (non-hydrogen) atoms. The molecule has 3 heterocycles. The monoisotopic (exact) mass is 418 g/mol. The van der Waals surface area contributed by atoms with Gasteiger partial charge in [-0.2, -0.15) is 0 Å². The zero-order chi connectivity index (χ0) is 21.8. The van der Waals surface area contributed by atoms with E-state index in [4.69, 9.17) is 4.74 Å². The Labute approximate surface area is 179 Å². The molecule has 0 bridgehead atoms. The number of ether oxygens (including phenoxy) is 1. The van der Waals surface area contributed by atoms with Gasteiger partial charge in [-0.3, -0.25) is 14.6 Å². The Bertz CT molecular complexity index is 1230. The van der Waals surface area contributed by atoms with E-state index in [2.05, 4.69) is 4.98 Å². The van der Waals surface area contributed by atoms with Crippen LogP contribution >= 0.6 is 0 Å². The van der Waals surface area contributed by atoms with Crippen LogP contribution in [0.3, 0.4) is 0 Å². The van der Waals surface area contributed by atoms with Gasteiger partial charge >= 0.3 is 0 Å². The molecular formula is C25H23FN2O3. The summed E-state index contributed by atoms with van der Waals surface area (Å²) in [6.45, 7) is 4.74. The molecule has 158 valence electrons. The largest absolute Gasteiger partial charge is 0.486 e. The number of pyridine rings is 1. The molecule has 0 radical (unpaired) electrons. The lowest BCUT2D eigenvalue weighted by Gasteiger charge is -2.44. The van der Waals surface area contributed by atoms with Crippen molar-refractivity contribution in [2.75, 3.05) is 13.1 Å². The number of piperidine rings is 1. The number of aromatic nitrogens is 1. The molecule has 0 unspecified atom stereocenters. The number of rotatable bonds is 1. The molecule has 2 aliphatic rings. The van der Waals surface area contributed by atoms with Gasteiger partial charge in [0.05, 0.1) is 23.1 Å². The quantitative estimate of drug-likeness (QED) is 0.578. The molecular weight excluding hydrogens is 395 g/mol. The Hall–Kier alpha value is -3.28. The molecule has 1 spiro atoms. The first-order chi connectivity index (χ1) is 14.8. The maximum Gasteiger partial charge on any atom is 0.254 e. The molecule has 5 nitrogen and oxygen atoms in total. The lowest BCUT2D eigenvalue weighted by Crippen LogP contribution is -2.52. The Kier molecular flexibility index (Phi) is 4.54. The first kappa shape index (κ1) is 19.7. The van der Waals surface area contributed by atoms with Crippen molar-refractivity contribution in [3.05, 3.63) is 70.7 Å². The van der Waals surface area contributed by atoms with Crippen LogP contribution in [0.2, 0.25) is 0 Å². The standard InChI is InChI=1S/C25H23FN2O3/c1-15-3-6-23-20(11-15)22(29)14-25(31-23)7-9-28(10-8-25)24(30)19-12-16(2)27-21-5-4-17(26)13-18(19)21/h3-6,11-13H,7-10,14H2,1-2H3. The van der Waals surface area contributed by atoms with E-state index in [1.54, 1.807) is 17.0 Å². The minimum atomic E-state index is -0.571. The highest BCUT2D eigenvalue weighted by Gasteiger charge is 2.43. The zero-order valence-electron chi connectivity index (χ0n) is 17.6. The number of nitrogens with zero attached hydrogens (tertiary/aromatic N) is 2. The number of benzene rings is 2. The molecule has 1 saturated heterocycles. The average Bonchev–Trinajstić information content (AvgIpc) is 2.74. The fourth-order valence-corrected chi connectivity index (χ4v) is 4.68. The molecule has 1 fully saturated rings. The summed E-state index contributed by atoms with van der Waals surface area (Å²) in [6.07, 6.45) is 1.48. The Balaban J connectivity index is 1.39. The molecule has 5 rings (SSSR count). The number of Topliss-reactive ketones (excluding diaryl/α,β-unsaturated/α-hetero) is 1. The van der Waals surface area contributed by atoms with Gasteiger partial charge in [-0.1, -0.05) is 11.6 Å². The highest BCUT2D eigenvalue weighted by atomic mass is 19.1. The maximum absolute atomic E-state index is 13.8. The molecule has 6 heteroatoms. The summed E-state index contributed by atoms with van der Waals surface area (Å²) in [6, 6.07) is 11.7. The Morgan fingerprint density at radius 2 is 1.87 bits per heavy atom. The first-order valence-electron chi connectivity index (χ1n) is 10.5. The molecule has 3 aromatic rings. The van der Waals surface area contributed by atoms with Gasteiger partial charge in [0.2, 0.25) is 0 Å². The van der Waals surface area contributed by atoms with Crippen LogP contribution in [0.5, 0.6) is 5.75 Å². The van der Waals surface area contributed by atoms with Crippen molar-refractivity contribution in [2.24, 2.45) is 0 Å². The fourth-order valence-electron chi connectivity index (χ4n) is 4.68. The van der Waals surface area contributed by atoms with E-state index in [1.165, 1.54) is 12.1 Å². The van der Waals surface area contributed by atoms with Gasteiger partial charge < -0.3 is 9.64 Å². The maximum atomic E-state index is 13.8. The molecule has 1 amide bonds. The smallest absolute Gasteiger partial charge is 0.254 e. The molecule has 0 N–H and O–H groups in total. The van der Waals surface area contributed by atoms with E-state index in [-0.39, 0.29) is 11.7 Å². The summed E-state index contributed by atoms with van der Waals surface area (Å²) in [5.41, 5.74) is 2.88. The summed E-state index contributed by atoms with van der Waals surface area (Å²) in [5, 5.41) is 0.518. The second-order valence-electron chi connectivity index (χ2n) is 8.65. The van der Waals surface area contributed by atoms with Gasteiger partial charge in [-0.05, 0) is 50.2 Å². The van der Waals surface area contributed by atoms with Crippen molar-refractivity contribution in [3.8, 4) is 5.75 Å². The summed E-state index contributed by atoms with van der Waals surface area (Å²) in [7, 11) is 0. The summed E-state index contributed by atoms with van der Waals surface area (Å²) < 4.78 is 20.1. The van der Waals surface area contributed by atoms with Crippen LogP contribution < -0.4 is 4.74 Å². The Morgan fingerprint density at radius 1 is 1.10 bits per heavy atom. The van der Waals surface area contributed by atoms with Crippen LogP contribution in [0.1, 0.15) is 51.2 Å². The Morgan fingerprint density at radius 3 is 2.65 bits per heavy atom.